The lowest BCUT2D eigenvalue weighted by molar-refractivity contribution is -0.127. The molecule has 0 N–H and O–H groups in total. The van der Waals surface area contributed by atoms with Crippen molar-refractivity contribution in [2.75, 3.05) is 12.8 Å². The molecule has 1 aromatic heterocycles. The maximum Gasteiger partial charge on any atom is 0.277 e. The normalized spacial score (nSPS) is 11.5. The number of thioether (sulfide) groups is 1. The average Bonchev–Trinajstić information content (AvgIpc) is 3.14. The lowest BCUT2D eigenvalue weighted by Gasteiger charge is -2.18. The molecule has 0 spiro atoms. The molecule has 7 heteroatoms. The standard InChI is InChI=1S/C22H24FN3O2S/c1-22(2,3)17-10-8-16(9-11-17)20-24-25-21(28-20)29-14-19(27)26(4)13-15-6-5-7-18(23)12-15/h5-12H,13-14H2,1-4H3. The quantitative estimate of drug-likeness (QED) is 0.537. The van der Waals surface area contributed by atoms with Crippen molar-refractivity contribution in [3.63, 3.8) is 0 Å². The van der Waals surface area contributed by atoms with E-state index in [1.54, 1.807) is 24.1 Å². The molecule has 0 aliphatic carbocycles. The average molecular weight is 414 g/mol. The fourth-order valence-electron chi connectivity index (χ4n) is 2.73. The van der Waals surface area contributed by atoms with Crippen LogP contribution in [0.15, 0.2) is 58.2 Å². The van der Waals surface area contributed by atoms with Crippen LogP contribution in [0.1, 0.15) is 31.9 Å². The maximum absolute atomic E-state index is 13.3. The third kappa shape index (κ3) is 5.67. The van der Waals surface area contributed by atoms with Gasteiger partial charge in [0, 0.05) is 19.2 Å². The molecule has 0 saturated carbocycles. The number of carbonyl (C=O) groups excluding carboxylic acids is 1. The number of amides is 1. The van der Waals surface area contributed by atoms with Gasteiger partial charge < -0.3 is 9.32 Å². The van der Waals surface area contributed by atoms with E-state index in [1.165, 1.54) is 29.5 Å². The minimum atomic E-state index is -0.313. The van der Waals surface area contributed by atoms with E-state index in [1.807, 2.05) is 12.1 Å². The van der Waals surface area contributed by atoms with Gasteiger partial charge >= 0.3 is 0 Å². The second kappa shape index (κ2) is 8.78. The molecule has 0 saturated heterocycles. The van der Waals surface area contributed by atoms with E-state index in [2.05, 4.69) is 43.1 Å². The molecule has 0 radical (unpaired) electrons. The number of benzene rings is 2. The van der Waals surface area contributed by atoms with E-state index in [0.29, 0.717) is 17.7 Å². The fraction of sp³-hybridized carbons (Fsp3) is 0.318. The molecule has 0 aliphatic heterocycles. The van der Waals surface area contributed by atoms with Gasteiger partial charge in [0.1, 0.15) is 5.82 Å². The molecule has 0 fully saturated rings. The van der Waals surface area contributed by atoms with Crippen LogP contribution in [0.2, 0.25) is 0 Å². The smallest absolute Gasteiger partial charge is 0.277 e. The van der Waals surface area contributed by atoms with Gasteiger partial charge in [0.2, 0.25) is 11.8 Å². The van der Waals surface area contributed by atoms with Gasteiger partial charge in [0.15, 0.2) is 0 Å². The van der Waals surface area contributed by atoms with Crippen LogP contribution in [-0.4, -0.2) is 33.8 Å². The summed E-state index contributed by atoms with van der Waals surface area (Å²) in [4.78, 5) is 13.9. The molecule has 5 nitrogen and oxygen atoms in total. The van der Waals surface area contributed by atoms with E-state index in [0.717, 1.165) is 11.1 Å². The van der Waals surface area contributed by atoms with Gasteiger partial charge in [0.05, 0.1) is 5.75 Å². The van der Waals surface area contributed by atoms with Crippen molar-refractivity contribution in [1.29, 1.82) is 0 Å². The molecule has 152 valence electrons. The second-order valence-electron chi connectivity index (χ2n) is 7.87. The summed E-state index contributed by atoms with van der Waals surface area (Å²) in [5.41, 5.74) is 2.88. The fourth-order valence-corrected chi connectivity index (χ4v) is 3.43. The highest BCUT2D eigenvalue weighted by atomic mass is 32.2. The Hall–Kier alpha value is -2.67. The lowest BCUT2D eigenvalue weighted by Crippen LogP contribution is -2.27. The lowest BCUT2D eigenvalue weighted by atomic mass is 9.87. The molecule has 1 amide bonds. The first-order chi connectivity index (χ1) is 13.7. The van der Waals surface area contributed by atoms with Gasteiger partial charge in [0.25, 0.3) is 5.22 Å². The summed E-state index contributed by atoms with van der Waals surface area (Å²) in [6.45, 7) is 6.82. The van der Waals surface area contributed by atoms with Crippen molar-refractivity contribution < 1.29 is 13.6 Å². The second-order valence-corrected chi connectivity index (χ2v) is 8.80. The molecule has 3 aromatic rings. The molecular weight excluding hydrogens is 389 g/mol. The summed E-state index contributed by atoms with van der Waals surface area (Å²) < 4.78 is 19.0. The van der Waals surface area contributed by atoms with Gasteiger partial charge in [-0.15, -0.1) is 10.2 Å². The Balaban J connectivity index is 1.56. The predicted octanol–water partition coefficient (Wildman–Crippen LogP) is 4.92. The summed E-state index contributed by atoms with van der Waals surface area (Å²) in [7, 11) is 1.68. The summed E-state index contributed by atoms with van der Waals surface area (Å²) in [5, 5.41) is 8.43. The van der Waals surface area contributed by atoms with Crippen LogP contribution in [0, 0.1) is 5.82 Å². The molecule has 0 bridgehead atoms. The van der Waals surface area contributed by atoms with Gasteiger partial charge in [-0.1, -0.05) is 56.8 Å². The number of carbonyl (C=O) groups is 1. The Kier molecular flexibility index (Phi) is 6.37. The van der Waals surface area contributed by atoms with Gasteiger partial charge in [-0.2, -0.15) is 0 Å². The zero-order valence-corrected chi connectivity index (χ0v) is 17.8. The van der Waals surface area contributed by atoms with Crippen LogP contribution >= 0.6 is 11.8 Å². The number of aromatic nitrogens is 2. The van der Waals surface area contributed by atoms with Gasteiger partial charge in [-0.05, 0) is 40.8 Å². The molecule has 29 heavy (non-hydrogen) atoms. The summed E-state index contributed by atoms with van der Waals surface area (Å²) in [5.74, 6) is 0.171. The van der Waals surface area contributed by atoms with Crippen LogP contribution in [0.5, 0.6) is 0 Å². The molecule has 0 atom stereocenters. The van der Waals surface area contributed by atoms with E-state index in [9.17, 15) is 9.18 Å². The highest BCUT2D eigenvalue weighted by Crippen LogP contribution is 2.27. The Labute approximate surface area is 174 Å². The third-order valence-electron chi connectivity index (χ3n) is 4.46. The summed E-state index contributed by atoms with van der Waals surface area (Å²) in [6, 6.07) is 14.2. The van der Waals surface area contributed by atoms with Crippen LogP contribution in [-0.2, 0) is 16.8 Å². The summed E-state index contributed by atoms with van der Waals surface area (Å²) >= 11 is 1.19. The van der Waals surface area contributed by atoms with Gasteiger partial charge in [-0.3, -0.25) is 4.79 Å². The zero-order chi connectivity index (χ0) is 21.0. The highest BCUT2D eigenvalue weighted by Gasteiger charge is 2.16. The predicted molar refractivity (Wildman–Crippen MR) is 112 cm³/mol. The number of nitrogens with zero attached hydrogens (tertiary/aromatic N) is 3. The van der Waals surface area contributed by atoms with Crippen LogP contribution in [0.3, 0.4) is 0 Å². The van der Waals surface area contributed by atoms with Crippen molar-refractivity contribution in [2.45, 2.75) is 38.0 Å². The first-order valence-corrected chi connectivity index (χ1v) is 10.3. The Bertz CT molecular complexity index is 980. The maximum atomic E-state index is 13.3. The van der Waals surface area contributed by atoms with Crippen molar-refractivity contribution in [1.82, 2.24) is 15.1 Å². The topological polar surface area (TPSA) is 59.2 Å². The molecule has 0 unspecified atom stereocenters. The molecule has 0 aliphatic rings. The SMILES string of the molecule is CN(Cc1cccc(F)c1)C(=O)CSc1nnc(-c2ccc(C(C)(C)C)cc2)o1. The summed E-state index contributed by atoms with van der Waals surface area (Å²) in [6.07, 6.45) is 0. The number of halogens is 1. The zero-order valence-electron chi connectivity index (χ0n) is 17.0. The molecular formula is C22H24FN3O2S. The van der Waals surface area contributed by atoms with Crippen LogP contribution in [0.4, 0.5) is 4.39 Å². The van der Waals surface area contributed by atoms with Gasteiger partial charge in [-0.25, -0.2) is 4.39 Å². The largest absolute Gasteiger partial charge is 0.411 e. The number of rotatable bonds is 6. The van der Waals surface area contributed by atoms with Crippen molar-refractivity contribution in [3.05, 3.63) is 65.5 Å². The monoisotopic (exact) mass is 413 g/mol. The molecule has 2 aromatic carbocycles. The number of hydrogen-bond donors (Lipinski definition) is 0. The van der Waals surface area contributed by atoms with Crippen molar-refractivity contribution >= 4 is 17.7 Å². The Morgan fingerprint density at radius 2 is 1.86 bits per heavy atom. The highest BCUT2D eigenvalue weighted by molar-refractivity contribution is 7.99. The van der Waals surface area contributed by atoms with E-state index >= 15 is 0 Å². The first kappa shape index (κ1) is 21.0. The Morgan fingerprint density at radius 3 is 2.52 bits per heavy atom. The van der Waals surface area contributed by atoms with Crippen molar-refractivity contribution in [3.8, 4) is 11.5 Å². The van der Waals surface area contributed by atoms with E-state index in [4.69, 9.17) is 4.42 Å². The minimum Gasteiger partial charge on any atom is -0.411 e. The van der Waals surface area contributed by atoms with E-state index in [-0.39, 0.29) is 22.9 Å². The van der Waals surface area contributed by atoms with Crippen molar-refractivity contribution in [2.24, 2.45) is 0 Å². The first-order valence-electron chi connectivity index (χ1n) is 9.28. The third-order valence-corrected chi connectivity index (χ3v) is 5.26. The minimum absolute atomic E-state index is 0.0757. The van der Waals surface area contributed by atoms with Crippen LogP contribution in [0.25, 0.3) is 11.5 Å². The molecule has 3 rings (SSSR count). The molecule has 1 heterocycles. The Morgan fingerprint density at radius 1 is 1.14 bits per heavy atom. The number of hydrogen-bond acceptors (Lipinski definition) is 5. The van der Waals surface area contributed by atoms with Crippen LogP contribution < -0.4 is 0 Å². The van der Waals surface area contributed by atoms with E-state index < -0.39 is 0 Å².